The highest BCUT2D eigenvalue weighted by Crippen LogP contribution is 2.20. The minimum Gasteiger partial charge on any atom is -0.478 e. The van der Waals surface area contributed by atoms with Crippen LogP contribution in [0.5, 0.6) is 0 Å². The van der Waals surface area contributed by atoms with E-state index in [-0.39, 0.29) is 17.6 Å². The lowest BCUT2D eigenvalue weighted by molar-refractivity contribution is 0.0693. The van der Waals surface area contributed by atoms with Gasteiger partial charge in [-0.15, -0.1) is 0 Å². The number of anilines is 1. The summed E-state index contributed by atoms with van der Waals surface area (Å²) in [5, 5.41) is 11.4. The highest BCUT2D eigenvalue weighted by molar-refractivity contribution is 6.00. The van der Waals surface area contributed by atoms with Crippen molar-refractivity contribution in [2.45, 2.75) is 26.8 Å². The number of carboxylic acid groups (broad SMARTS) is 1. The number of amides is 2. The molecule has 2 amide bonds. The van der Waals surface area contributed by atoms with E-state index >= 15 is 0 Å². The average Bonchev–Trinajstić information content (AvgIpc) is 2.36. The molecule has 0 radical (unpaired) electrons. The third-order valence-electron chi connectivity index (χ3n) is 3.37. The fraction of sp³-hybridized carbons (Fsp3) is 0.429. The summed E-state index contributed by atoms with van der Waals surface area (Å²) in [6, 6.07) is 3.25. The number of carbonyl (C=O) groups excluding carboxylic acids is 1. The molecule has 0 fully saturated rings. The van der Waals surface area contributed by atoms with Gasteiger partial charge in [-0.1, -0.05) is 19.9 Å². The third kappa shape index (κ3) is 3.46. The van der Waals surface area contributed by atoms with Crippen molar-refractivity contribution >= 4 is 17.7 Å². The molecule has 1 atom stereocenters. The summed E-state index contributed by atoms with van der Waals surface area (Å²) < 4.78 is 13.5. The lowest BCUT2D eigenvalue weighted by Crippen LogP contribution is -2.41. The van der Waals surface area contributed by atoms with E-state index in [4.69, 9.17) is 5.11 Å². The molecule has 1 rings (SSSR count). The summed E-state index contributed by atoms with van der Waals surface area (Å²) in [5.74, 6) is -2.05. The van der Waals surface area contributed by atoms with Gasteiger partial charge in [-0.3, -0.25) is 0 Å². The van der Waals surface area contributed by atoms with Crippen molar-refractivity contribution in [2.75, 3.05) is 12.4 Å². The highest BCUT2D eigenvalue weighted by Gasteiger charge is 2.22. The van der Waals surface area contributed by atoms with Gasteiger partial charge >= 0.3 is 12.0 Å². The van der Waals surface area contributed by atoms with Crippen LogP contribution < -0.4 is 5.32 Å². The van der Waals surface area contributed by atoms with Gasteiger partial charge in [-0.05, 0) is 25.0 Å². The van der Waals surface area contributed by atoms with E-state index in [0.29, 0.717) is 0 Å². The molecule has 5 nitrogen and oxygen atoms in total. The van der Waals surface area contributed by atoms with Crippen LogP contribution in [0.4, 0.5) is 14.9 Å². The number of rotatable bonds is 4. The minimum atomic E-state index is -1.42. The number of hydrogen-bond acceptors (Lipinski definition) is 2. The maximum Gasteiger partial charge on any atom is 0.340 e. The van der Waals surface area contributed by atoms with Crippen molar-refractivity contribution < 1.29 is 19.1 Å². The van der Waals surface area contributed by atoms with Gasteiger partial charge in [-0.2, -0.15) is 0 Å². The van der Waals surface area contributed by atoms with E-state index < -0.39 is 23.4 Å². The Hall–Kier alpha value is -2.11. The smallest absolute Gasteiger partial charge is 0.340 e. The number of hydrogen-bond donors (Lipinski definition) is 2. The zero-order valence-corrected chi connectivity index (χ0v) is 12.0. The predicted molar refractivity (Wildman–Crippen MR) is 74.4 cm³/mol. The second-order valence-electron chi connectivity index (χ2n) is 4.99. The number of nitrogens with zero attached hydrogens (tertiary/aromatic N) is 1. The lowest BCUT2D eigenvalue weighted by atomic mass is 10.1. The summed E-state index contributed by atoms with van der Waals surface area (Å²) in [6.45, 7) is 5.83. The Balaban J connectivity index is 2.97. The number of urea groups is 1. The normalized spacial score (nSPS) is 12.1. The van der Waals surface area contributed by atoms with Crippen LogP contribution in [-0.2, 0) is 0 Å². The van der Waals surface area contributed by atoms with E-state index in [1.54, 1.807) is 7.05 Å². The molecule has 0 aliphatic rings. The Morgan fingerprint density at radius 3 is 2.40 bits per heavy atom. The first-order valence-corrected chi connectivity index (χ1v) is 6.31. The molecule has 0 aromatic heterocycles. The molecular formula is C14H19FN2O3. The summed E-state index contributed by atoms with van der Waals surface area (Å²) >= 11 is 0. The fourth-order valence-electron chi connectivity index (χ4n) is 1.68. The second-order valence-corrected chi connectivity index (χ2v) is 4.99. The predicted octanol–water partition coefficient (Wildman–Crippen LogP) is 3.03. The summed E-state index contributed by atoms with van der Waals surface area (Å²) in [6.07, 6.45) is 0. The Morgan fingerprint density at radius 2 is 1.90 bits per heavy atom. The number of carbonyl (C=O) groups is 2. The van der Waals surface area contributed by atoms with Crippen LogP contribution in [-0.4, -0.2) is 35.1 Å². The Bertz CT molecular complexity index is 517. The van der Waals surface area contributed by atoms with E-state index in [1.807, 2.05) is 20.8 Å². The first kappa shape index (κ1) is 15.9. The van der Waals surface area contributed by atoms with Gasteiger partial charge in [0.05, 0.1) is 5.69 Å². The summed E-state index contributed by atoms with van der Waals surface area (Å²) in [4.78, 5) is 24.5. The van der Waals surface area contributed by atoms with Crippen molar-refractivity contribution in [1.29, 1.82) is 0 Å². The topological polar surface area (TPSA) is 69.6 Å². The maximum atomic E-state index is 13.5. The van der Waals surface area contributed by atoms with Crippen LogP contribution >= 0.6 is 0 Å². The Kier molecular flexibility index (Phi) is 5.07. The molecule has 0 saturated carbocycles. The highest BCUT2D eigenvalue weighted by atomic mass is 19.1. The monoisotopic (exact) mass is 282 g/mol. The summed E-state index contributed by atoms with van der Waals surface area (Å²) in [7, 11) is 1.61. The van der Waals surface area contributed by atoms with Gasteiger partial charge in [0.15, 0.2) is 0 Å². The SMILES string of the molecule is CC(C)C(C)N(C)C(=O)Nc1cccc(F)c1C(=O)O. The van der Waals surface area contributed by atoms with Crippen LogP contribution in [0.15, 0.2) is 18.2 Å². The van der Waals surface area contributed by atoms with E-state index in [0.717, 1.165) is 6.07 Å². The first-order chi connectivity index (χ1) is 9.25. The van der Waals surface area contributed by atoms with E-state index in [9.17, 15) is 14.0 Å². The summed E-state index contributed by atoms with van der Waals surface area (Å²) in [5.41, 5.74) is -0.586. The van der Waals surface area contributed by atoms with Crippen LogP contribution in [0.2, 0.25) is 0 Å². The Morgan fingerprint density at radius 1 is 1.30 bits per heavy atom. The van der Waals surface area contributed by atoms with E-state index in [2.05, 4.69) is 5.32 Å². The molecule has 1 unspecified atom stereocenters. The van der Waals surface area contributed by atoms with Gasteiger partial charge < -0.3 is 15.3 Å². The standard InChI is InChI=1S/C14H19FN2O3/c1-8(2)9(3)17(4)14(20)16-11-7-5-6-10(15)12(11)13(18)19/h5-9H,1-4H3,(H,16,20)(H,18,19). The molecule has 0 bridgehead atoms. The second kappa shape index (κ2) is 6.36. The molecule has 20 heavy (non-hydrogen) atoms. The van der Waals surface area contributed by atoms with Crippen LogP contribution in [0, 0.1) is 11.7 Å². The maximum absolute atomic E-state index is 13.5. The van der Waals surface area contributed by atoms with Gasteiger partial charge in [0.25, 0.3) is 0 Å². The van der Waals surface area contributed by atoms with Gasteiger partial charge in [-0.25, -0.2) is 14.0 Å². The Labute approximate surface area is 117 Å². The molecule has 2 N–H and O–H groups in total. The minimum absolute atomic E-state index is 0.0307. The van der Waals surface area contributed by atoms with Crippen molar-refractivity contribution in [3.63, 3.8) is 0 Å². The van der Waals surface area contributed by atoms with Crippen molar-refractivity contribution in [3.05, 3.63) is 29.6 Å². The van der Waals surface area contributed by atoms with Crippen LogP contribution in [0.3, 0.4) is 0 Å². The lowest BCUT2D eigenvalue weighted by Gasteiger charge is -2.28. The van der Waals surface area contributed by atoms with Crippen molar-refractivity contribution in [3.8, 4) is 0 Å². The van der Waals surface area contributed by atoms with Gasteiger partial charge in [0.2, 0.25) is 0 Å². The average molecular weight is 282 g/mol. The third-order valence-corrected chi connectivity index (χ3v) is 3.37. The number of halogens is 1. The molecule has 0 aliphatic carbocycles. The van der Waals surface area contributed by atoms with Crippen LogP contribution in [0.25, 0.3) is 0 Å². The zero-order valence-electron chi connectivity index (χ0n) is 12.0. The number of nitrogens with one attached hydrogen (secondary N) is 1. The fourth-order valence-corrected chi connectivity index (χ4v) is 1.68. The molecule has 0 saturated heterocycles. The molecule has 0 heterocycles. The van der Waals surface area contributed by atoms with Gasteiger partial charge in [0, 0.05) is 13.1 Å². The molecular weight excluding hydrogens is 263 g/mol. The van der Waals surface area contributed by atoms with Crippen molar-refractivity contribution in [2.24, 2.45) is 5.92 Å². The van der Waals surface area contributed by atoms with E-state index in [1.165, 1.54) is 17.0 Å². The number of carboxylic acids is 1. The molecule has 1 aromatic carbocycles. The van der Waals surface area contributed by atoms with Crippen molar-refractivity contribution in [1.82, 2.24) is 4.90 Å². The van der Waals surface area contributed by atoms with Crippen LogP contribution in [0.1, 0.15) is 31.1 Å². The molecule has 1 aromatic rings. The first-order valence-electron chi connectivity index (χ1n) is 6.31. The number of aromatic carboxylic acids is 1. The van der Waals surface area contributed by atoms with Gasteiger partial charge in [0.1, 0.15) is 11.4 Å². The number of benzene rings is 1. The largest absolute Gasteiger partial charge is 0.478 e. The molecule has 110 valence electrons. The quantitative estimate of drug-likeness (QED) is 0.891. The molecule has 0 aliphatic heterocycles. The molecule has 0 spiro atoms. The molecule has 6 heteroatoms. The zero-order chi connectivity index (χ0) is 15.4.